The van der Waals surface area contributed by atoms with Crippen LogP contribution in [0.3, 0.4) is 0 Å². The molecule has 0 aromatic rings. The first-order chi connectivity index (χ1) is 9.11. The highest BCUT2D eigenvalue weighted by molar-refractivity contribution is 5.67. The van der Waals surface area contributed by atoms with Crippen molar-refractivity contribution < 1.29 is 24.5 Å². The maximum Gasteiger partial charge on any atom is 0.303 e. The van der Waals surface area contributed by atoms with Gasteiger partial charge in [-0.1, -0.05) is 0 Å². The fourth-order valence-electron chi connectivity index (χ4n) is 2.44. The quantitative estimate of drug-likeness (QED) is 0.585. The zero-order chi connectivity index (χ0) is 14.1. The van der Waals surface area contributed by atoms with Crippen LogP contribution in [0.25, 0.3) is 0 Å². The number of carboxylic acids is 1. The lowest BCUT2D eigenvalue weighted by molar-refractivity contribution is -0.138. The van der Waals surface area contributed by atoms with Crippen molar-refractivity contribution in [2.24, 2.45) is 5.92 Å². The molecule has 0 spiro atoms. The van der Waals surface area contributed by atoms with E-state index >= 15 is 0 Å². The monoisotopic (exact) mass is 275 g/mol. The Labute approximate surface area is 114 Å². The molecule has 0 radical (unpaired) electrons. The van der Waals surface area contributed by atoms with Gasteiger partial charge in [0.2, 0.25) is 0 Å². The molecule has 6 heteroatoms. The van der Waals surface area contributed by atoms with Gasteiger partial charge in [0, 0.05) is 26.6 Å². The Morgan fingerprint density at radius 1 is 1.47 bits per heavy atom. The molecule has 2 N–H and O–H groups in total. The third kappa shape index (κ3) is 7.47. The Kier molecular flexibility index (Phi) is 7.97. The second kappa shape index (κ2) is 9.25. The second-order valence-corrected chi connectivity index (χ2v) is 5.09. The van der Waals surface area contributed by atoms with E-state index in [1.165, 1.54) is 0 Å². The van der Waals surface area contributed by atoms with Crippen LogP contribution in [0.5, 0.6) is 0 Å². The predicted molar refractivity (Wildman–Crippen MR) is 70.1 cm³/mol. The molecule has 1 aliphatic rings. The molecule has 6 nitrogen and oxygen atoms in total. The molecule has 0 saturated carbocycles. The number of hydrogen-bond donors (Lipinski definition) is 2. The number of nitrogens with zero attached hydrogens (tertiary/aromatic N) is 1. The molecule has 0 aliphatic carbocycles. The molecule has 1 saturated heterocycles. The molecule has 0 aromatic carbocycles. The summed E-state index contributed by atoms with van der Waals surface area (Å²) in [6.07, 6.45) is 1.65. The van der Waals surface area contributed by atoms with Crippen LogP contribution in [-0.2, 0) is 14.3 Å². The highest BCUT2D eigenvalue weighted by Gasteiger charge is 2.23. The summed E-state index contributed by atoms with van der Waals surface area (Å²) < 4.78 is 10.1. The average Bonchev–Trinajstić information content (AvgIpc) is 2.34. The first kappa shape index (κ1) is 16.4. The highest BCUT2D eigenvalue weighted by atomic mass is 16.5. The Morgan fingerprint density at radius 3 is 2.95 bits per heavy atom. The Hall–Kier alpha value is -0.690. The van der Waals surface area contributed by atoms with Gasteiger partial charge in [0.1, 0.15) is 0 Å². The lowest BCUT2D eigenvalue weighted by Gasteiger charge is -2.33. The van der Waals surface area contributed by atoms with E-state index in [2.05, 4.69) is 4.90 Å². The van der Waals surface area contributed by atoms with Crippen LogP contribution < -0.4 is 0 Å². The smallest absolute Gasteiger partial charge is 0.303 e. The number of methoxy groups -OCH3 is 1. The lowest BCUT2D eigenvalue weighted by Crippen LogP contribution is -2.42. The van der Waals surface area contributed by atoms with Crippen LogP contribution in [-0.4, -0.2) is 73.8 Å². The zero-order valence-electron chi connectivity index (χ0n) is 11.6. The maximum absolute atomic E-state index is 10.7. The van der Waals surface area contributed by atoms with Crippen LogP contribution in [0, 0.1) is 5.92 Å². The van der Waals surface area contributed by atoms with Gasteiger partial charge in [0.15, 0.2) is 0 Å². The zero-order valence-corrected chi connectivity index (χ0v) is 11.6. The van der Waals surface area contributed by atoms with Crippen molar-refractivity contribution >= 4 is 5.97 Å². The Balaban J connectivity index is 2.18. The minimum absolute atomic E-state index is 0.202. The van der Waals surface area contributed by atoms with E-state index in [-0.39, 0.29) is 12.3 Å². The number of aliphatic hydroxyl groups is 1. The number of β-amino-alcohol motifs (C(OH)–C–C–N with tert-alkyl or cyclic N) is 1. The fourth-order valence-corrected chi connectivity index (χ4v) is 2.44. The average molecular weight is 275 g/mol. The van der Waals surface area contributed by atoms with Crippen molar-refractivity contribution in [1.29, 1.82) is 0 Å². The largest absolute Gasteiger partial charge is 0.481 e. The van der Waals surface area contributed by atoms with E-state index in [0.717, 1.165) is 25.9 Å². The van der Waals surface area contributed by atoms with Gasteiger partial charge in [-0.2, -0.15) is 0 Å². The second-order valence-electron chi connectivity index (χ2n) is 5.09. The summed E-state index contributed by atoms with van der Waals surface area (Å²) in [5.41, 5.74) is 0. The first-order valence-corrected chi connectivity index (χ1v) is 6.80. The lowest BCUT2D eigenvalue weighted by atomic mass is 9.95. The van der Waals surface area contributed by atoms with Crippen LogP contribution in [0.4, 0.5) is 0 Å². The Bertz CT molecular complexity index is 261. The molecule has 1 fully saturated rings. The predicted octanol–water partition coefficient (Wildman–Crippen LogP) is 0.197. The molecule has 112 valence electrons. The van der Waals surface area contributed by atoms with Gasteiger partial charge in [0.25, 0.3) is 0 Å². The van der Waals surface area contributed by atoms with Gasteiger partial charge in [-0.05, 0) is 25.3 Å². The van der Waals surface area contributed by atoms with Crippen molar-refractivity contribution in [3.63, 3.8) is 0 Å². The first-order valence-electron chi connectivity index (χ1n) is 6.80. The molecule has 1 aliphatic heterocycles. The van der Waals surface area contributed by atoms with Crippen molar-refractivity contribution in [3.05, 3.63) is 0 Å². The third-order valence-corrected chi connectivity index (χ3v) is 3.28. The summed E-state index contributed by atoms with van der Waals surface area (Å²) >= 11 is 0. The number of carboxylic acid groups (broad SMARTS) is 1. The van der Waals surface area contributed by atoms with Gasteiger partial charge in [-0.25, -0.2) is 0 Å². The van der Waals surface area contributed by atoms with Crippen LogP contribution in [0.1, 0.15) is 19.3 Å². The number of piperidine rings is 1. The van der Waals surface area contributed by atoms with E-state index in [0.29, 0.717) is 26.4 Å². The van der Waals surface area contributed by atoms with Crippen LogP contribution in [0.2, 0.25) is 0 Å². The van der Waals surface area contributed by atoms with Crippen molar-refractivity contribution in [1.82, 2.24) is 4.90 Å². The number of carbonyl (C=O) groups is 1. The van der Waals surface area contributed by atoms with Crippen molar-refractivity contribution in [2.75, 3.05) is 46.6 Å². The van der Waals surface area contributed by atoms with Crippen LogP contribution in [0.15, 0.2) is 0 Å². The molecule has 0 aromatic heterocycles. The normalized spacial score (nSPS) is 22.3. The van der Waals surface area contributed by atoms with E-state index in [9.17, 15) is 9.90 Å². The van der Waals surface area contributed by atoms with Gasteiger partial charge in [0.05, 0.1) is 25.9 Å². The molecule has 1 rings (SSSR count). The number of aliphatic carboxylic acids is 1. The molecule has 1 heterocycles. The van der Waals surface area contributed by atoms with E-state index < -0.39 is 12.1 Å². The summed E-state index contributed by atoms with van der Waals surface area (Å²) in [6, 6.07) is 0. The number of hydrogen-bond acceptors (Lipinski definition) is 5. The van der Waals surface area contributed by atoms with Gasteiger partial charge in [-0.3, -0.25) is 4.79 Å². The molecule has 2 unspecified atom stereocenters. The minimum atomic E-state index is -0.740. The minimum Gasteiger partial charge on any atom is -0.481 e. The van der Waals surface area contributed by atoms with Crippen molar-refractivity contribution in [2.45, 2.75) is 25.4 Å². The third-order valence-electron chi connectivity index (χ3n) is 3.28. The number of aliphatic hydroxyl groups excluding tert-OH is 1. The number of likely N-dealkylation sites (tertiary alicyclic amines) is 1. The summed E-state index contributed by atoms with van der Waals surface area (Å²) in [4.78, 5) is 12.8. The molecule has 2 atom stereocenters. The standard InChI is InChI=1S/C13H25NO5/c1-18-5-6-19-10-12(15)9-14-4-2-3-11(8-14)7-13(16)17/h11-12,15H,2-10H2,1H3,(H,16,17). The van der Waals surface area contributed by atoms with Gasteiger partial charge >= 0.3 is 5.97 Å². The highest BCUT2D eigenvalue weighted by Crippen LogP contribution is 2.19. The molecule has 19 heavy (non-hydrogen) atoms. The number of ether oxygens (including phenoxy) is 2. The van der Waals surface area contributed by atoms with E-state index in [1.807, 2.05) is 0 Å². The van der Waals surface area contributed by atoms with Gasteiger partial charge < -0.3 is 24.6 Å². The van der Waals surface area contributed by atoms with Gasteiger partial charge in [-0.15, -0.1) is 0 Å². The SMILES string of the molecule is COCCOCC(O)CN1CCCC(CC(=O)O)C1. The summed E-state index contributed by atoms with van der Waals surface area (Å²) in [7, 11) is 1.61. The van der Waals surface area contributed by atoms with Crippen LogP contribution >= 0.6 is 0 Å². The van der Waals surface area contributed by atoms with E-state index in [4.69, 9.17) is 14.6 Å². The topological polar surface area (TPSA) is 79.2 Å². The summed E-state index contributed by atoms with van der Waals surface area (Å²) in [6.45, 7) is 3.52. The van der Waals surface area contributed by atoms with Crippen molar-refractivity contribution in [3.8, 4) is 0 Å². The molecule has 0 amide bonds. The van der Waals surface area contributed by atoms with E-state index in [1.54, 1.807) is 7.11 Å². The summed E-state index contributed by atoms with van der Waals surface area (Å²) in [5.74, 6) is -0.539. The Morgan fingerprint density at radius 2 is 2.26 bits per heavy atom. The molecular weight excluding hydrogens is 250 g/mol. The summed E-state index contributed by atoms with van der Waals surface area (Å²) in [5, 5.41) is 18.6. The molecular formula is C13H25NO5. The maximum atomic E-state index is 10.7. The molecule has 0 bridgehead atoms. The number of rotatable bonds is 9. The fraction of sp³-hybridized carbons (Fsp3) is 0.923.